The summed E-state index contributed by atoms with van der Waals surface area (Å²) in [5, 5.41) is 11.9. The van der Waals surface area contributed by atoms with Crippen LogP contribution in [0.1, 0.15) is 75.2 Å². The molecule has 3 aromatic rings. The molecule has 1 N–H and O–H groups in total. The molecule has 14 heteroatoms. The van der Waals surface area contributed by atoms with Gasteiger partial charge in [-0.1, -0.05) is 11.6 Å². The Kier molecular flexibility index (Phi) is 9.65. The van der Waals surface area contributed by atoms with Crippen LogP contribution < -0.4 is 20.0 Å². The molecule has 2 atom stereocenters. The molecule has 13 nitrogen and oxygen atoms in total. The molecule has 6 aliphatic heterocycles. The smallest absolute Gasteiger partial charge is 0.262 e. The van der Waals surface area contributed by atoms with Gasteiger partial charge in [0.1, 0.15) is 12.1 Å². The highest BCUT2D eigenvalue weighted by atomic mass is 35.5. The van der Waals surface area contributed by atoms with Gasteiger partial charge in [0.15, 0.2) is 0 Å². The molecule has 2 unspecified atom stereocenters. The predicted octanol–water partition coefficient (Wildman–Crippen LogP) is 4.15. The summed E-state index contributed by atoms with van der Waals surface area (Å²) in [6.07, 6.45) is 4.26. The number of hydrogen-bond donors (Lipinski definition) is 1. The Morgan fingerprint density at radius 2 is 1.40 bits per heavy atom. The number of rotatable bonds is 6. The Labute approximate surface area is 336 Å². The van der Waals surface area contributed by atoms with Crippen LogP contribution >= 0.6 is 11.6 Å². The van der Waals surface area contributed by atoms with Crippen molar-refractivity contribution in [3.05, 3.63) is 87.9 Å². The van der Waals surface area contributed by atoms with E-state index in [0.29, 0.717) is 27.8 Å². The molecular weight excluding hydrogens is 744 g/mol. The van der Waals surface area contributed by atoms with E-state index in [-0.39, 0.29) is 24.2 Å². The fraction of sp³-hybridized carbons (Fsp3) is 0.442. The maximum atomic E-state index is 13.6. The molecule has 0 aromatic heterocycles. The summed E-state index contributed by atoms with van der Waals surface area (Å²) < 4.78 is 0. The number of halogens is 1. The van der Waals surface area contributed by atoms with Gasteiger partial charge in [0, 0.05) is 101 Å². The summed E-state index contributed by atoms with van der Waals surface area (Å²) in [5.41, 5.74) is 5.01. The second-order valence-corrected chi connectivity index (χ2v) is 16.8. The van der Waals surface area contributed by atoms with Crippen LogP contribution in [0.5, 0.6) is 0 Å². The van der Waals surface area contributed by atoms with Gasteiger partial charge < -0.3 is 19.6 Å². The first-order valence-corrected chi connectivity index (χ1v) is 20.4. The molecule has 5 amide bonds. The Morgan fingerprint density at radius 1 is 0.737 bits per heavy atom. The molecule has 3 aromatic carbocycles. The third kappa shape index (κ3) is 6.89. The van der Waals surface area contributed by atoms with Gasteiger partial charge in [-0.3, -0.25) is 39.1 Å². The van der Waals surface area contributed by atoms with Gasteiger partial charge in [0.05, 0.1) is 21.7 Å². The van der Waals surface area contributed by atoms with E-state index in [1.54, 1.807) is 18.2 Å². The highest BCUT2D eigenvalue weighted by Crippen LogP contribution is 2.42. The van der Waals surface area contributed by atoms with Crippen molar-refractivity contribution in [2.45, 2.75) is 50.6 Å². The number of anilines is 3. The molecule has 6 aliphatic rings. The van der Waals surface area contributed by atoms with Crippen LogP contribution in [-0.2, 0) is 9.59 Å². The Morgan fingerprint density at radius 3 is 2.12 bits per heavy atom. The van der Waals surface area contributed by atoms with Crippen molar-refractivity contribution in [1.82, 2.24) is 20.0 Å². The van der Waals surface area contributed by atoms with E-state index in [2.05, 4.69) is 43.1 Å². The first-order valence-electron chi connectivity index (χ1n) is 20.0. The summed E-state index contributed by atoms with van der Waals surface area (Å²) in [6, 6.07) is 20.6. The molecule has 57 heavy (non-hydrogen) atoms. The quantitative estimate of drug-likeness (QED) is 0.363. The zero-order valence-corrected chi connectivity index (χ0v) is 32.5. The second-order valence-electron chi connectivity index (χ2n) is 16.4. The van der Waals surface area contributed by atoms with Crippen LogP contribution in [0, 0.1) is 16.7 Å². The molecule has 0 bridgehead atoms. The lowest BCUT2D eigenvalue weighted by Gasteiger charge is -2.40. The Bertz CT molecular complexity index is 2190. The summed E-state index contributed by atoms with van der Waals surface area (Å²) in [6.45, 7) is 8.62. The van der Waals surface area contributed by atoms with Crippen molar-refractivity contribution in [3.8, 4) is 6.07 Å². The van der Waals surface area contributed by atoms with Crippen LogP contribution in [0.4, 0.5) is 17.1 Å². The normalized spacial score (nSPS) is 23.7. The van der Waals surface area contributed by atoms with E-state index >= 15 is 0 Å². The lowest BCUT2D eigenvalue weighted by molar-refractivity contribution is -0.136. The number of piperidine rings is 2. The standard InChI is InChI=1S/C43H45ClN8O5/c44-36-24-32(6-3-29(36)25-45)47-16-12-43(13-17-47)14-18-51(27-43)40(55)28-1-4-30(5-2-28)48-19-21-49(22-20-48)33-11-15-50(26-33)31-7-8-34-35(23-31)42(57)52(41(34)56)37-9-10-38(53)46-39(37)54/h1-8,23-24,33,37H,9-22,26-27H2,(H,46,53,54). The minimum atomic E-state index is -0.976. The number of carbonyl (C=O) groups excluding carboxylic acids is 5. The van der Waals surface area contributed by atoms with Crippen LogP contribution in [0.15, 0.2) is 60.7 Å². The number of fused-ring (bicyclic) bond motifs is 1. The molecule has 1 spiro atoms. The van der Waals surface area contributed by atoms with E-state index in [9.17, 15) is 29.2 Å². The highest BCUT2D eigenvalue weighted by molar-refractivity contribution is 6.32. The van der Waals surface area contributed by atoms with Crippen LogP contribution in [-0.4, -0.2) is 122 Å². The van der Waals surface area contributed by atoms with E-state index in [4.69, 9.17) is 11.6 Å². The number of carbonyl (C=O) groups is 5. The maximum absolute atomic E-state index is 13.6. The van der Waals surface area contributed by atoms with Crippen molar-refractivity contribution < 1.29 is 24.0 Å². The van der Waals surface area contributed by atoms with E-state index < -0.39 is 29.7 Å². The lowest BCUT2D eigenvalue weighted by Crippen LogP contribution is -2.54. The number of benzene rings is 3. The van der Waals surface area contributed by atoms with Crippen molar-refractivity contribution in [1.29, 1.82) is 5.26 Å². The van der Waals surface area contributed by atoms with E-state index in [1.807, 2.05) is 35.2 Å². The average molecular weight is 789 g/mol. The van der Waals surface area contributed by atoms with Gasteiger partial charge in [-0.15, -0.1) is 0 Å². The Balaban J connectivity index is 0.752. The molecule has 5 saturated heterocycles. The Hall–Kier alpha value is -5.45. The molecule has 294 valence electrons. The molecule has 0 aliphatic carbocycles. The number of nitrogens with one attached hydrogen (secondary N) is 1. The van der Waals surface area contributed by atoms with Crippen LogP contribution in [0.25, 0.3) is 0 Å². The molecule has 6 heterocycles. The second kappa shape index (κ2) is 14.8. The molecule has 5 fully saturated rings. The largest absolute Gasteiger partial charge is 0.371 e. The number of piperazine rings is 1. The molecule has 0 radical (unpaired) electrons. The fourth-order valence-electron chi connectivity index (χ4n) is 9.82. The number of imide groups is 2. The molecule has 0 saturated carbocycles. The van der Waals surface area contributed by atoms with Gasteiger partial charge >= 0.3 is 0 Å². The average Bonchev–Trinajstić information content (AvgIpc) is 3.95. The fourth-order valence-corrected chi connectivity index (χ4v) is 10.0. The van der Waals surface area contributed by atoms with Crippen molar-refractivity contribution >= 4 is 58.2 Å². The van der Waals surface area contributed by atoms with Gasteiger partial charge in [0.25, 0.3) is 17.7 Å². The van der Waals surface area contributed by atoms with E-state index in [0.717, 1.165) is 119 Å². The van der Waals surface area contributed by atoms with Gasteiger partial charge in [-0.05, 0) is 98.2 Å². The number of hydrogen-bond acceptors (Lipinski definition) is 10. The van der Waals surface area contributed by atoms with Crippen LogP contribution in [0.2, 0.25) is 5.02 Å². The van der Waals surface area contributed by atoms with Gasteiger partial charge in [-0.25, -0.2) is 0 Å². The van der Waals surface area contributed by atoms with E-state index in [1.165, 1.54) is 0 Å². The minimum Gasteiger partial charge on any atom is -0.371 e. The summed E-state index contributed by atoms with van der Waals surface area (Å²) in [4.78, 5) is 76.8. The third-order valence-corrected chi connectivity index (χ3v) is 13.6. The maximum Gasteiger partial charge on any atom is 0.262 e. The van der Waals surface area contributed by atoms with Gasteiger partial charge in [-0.2, -0.15) is 5.26 Å². The molecule has 9 rings (SSSR count). The van der Waals surface area contributed by atoms with Crippen molar-refractivity contribution in [3.63, 3.8) is 0 Å². The summed E-state index contributed by atoms with van der Waals surface area (Å²) >= 11 is 6.30. The third-order valence-electron chi connectivity index (χ3n) is 13.2. The van der Waals surface area contributed by atoms with Gasteiger partial charge in [0.2, 0.25) is 11.8 Å². The monoisotopic (exact) mass is 788 g/mol. The highest BCUT2D eigenvalue weighted by Gasteiger charge is 2.45. The van der Waals surface area contributed by atoms with Crippen molar-refractivity contribution in [2.24, 2.45) is 5.41 Å². The van der Waals surface area contributed by atoms with Crippen molar-refractivity contribution in [2.75, 3.05) is 80.1 Å². The number of likely N-dealkylation sites (tertiary alicyclic amines) is 1. The topological polar surface area (TPSA) is 141 Å². The van der Waals surface area contributed by atoms with Crippen LogP contribution in [0.3, 0.4) is 0 Å². The minimum absolute atomic E-state index is 0.0907. The molecular formula is C43H45ClN8O5. The predicted molar refractivity (Wildman–Crippen MR) is 215 cm³/mol. The first-order chi connectivity index (χ1) is 27.6. The first kappa shape index (κ1) is 37.1. The number of nitrogens with zero attached hydrogens (tertiary/aromatic N) is 7. The summed E-state index contributed by atoms with van der Waals surface area (Å²) in [7, 11) is 0. The number of nitriles is 1. The summed E-state index contributed by atoms with van der Waals surface area (Å²) in [5.74, 6) is -1.88. The zero-order chi connectivity index (χ0) is 39.4. The zero-order valence-electron chi connectivity index (χ0n) is 31.8. The number of amides is 5. The lowest BCUT2D eigenvalue weighted by atomic mass is 9.77. The SMILES string of the molecule is N#Cc1ccc(N2CCC3(CCN(C(=O)c4ccc(N5CCN(C6CCN(c7ccc8c(c7)C(=O)N(C7CCC(=O)NC7=O)C8=O)C6)CC5)cc4)C3)CC2)cc1Cl.